The van der Waals surface area contributed by atoms with Crippen molar-refractivity contribution in [3.05, 3.63) is 53.2 Å². The molecule has 0 unspecified atom stereocenters. The normalized spacial score (nSPS) is 13.2. The van der Waals surface area contributed by atoms with Crippen LogP contribution in [0.25, 0.3) is 11.3 Å². The average Bonchev–Trinajstić information content (AvgIpc) is 2.44. The van der Waals surface area contributed by atoms with Crippen LogP contribution in [0.4, 0.5) is 0 Å². The molecule has 0 radical (unpaired) electrons. The first-order chi connectivity index (χ1) is 9.85. The molecule has 21 heavy (non-hydrogen) atoms. The molecule has 3 nitrogen and oxygen atoms in total. The summed E-state index contributed by atoms with van der Waals surface area (Å²) < 4.78 is 0. The van der Waals surface area contributed by atoms with Crippen molar-refractivity contribution in [3.8, 4) is 11.3 Å². The van der Waals surface area contributed by atoms with Gasteiger partial charge in [0.15, 0.2) is 0 Å². The molecule has 0 bridgehead atoms. The van der Waals surface area contributed by atoms with Crippen LogP contribution in [0.15, 0.2) is 42.5 Å². The Bertz CT molecular complexity index is 608. The fourth-order valence-corrected chi connectivity index (χ4v) is 2.14. The summed E-state index contributed by atoms with van der Waals surface area (Å²) >= 11 is 6.01. The number of aromatic nitrogens is 1. The molecule has 0 aliphatic rings. The van der Waals surface area contributed by atoms with Crippen LogP contribution in [0.2, 0.25) is 5.02 Å². The molecular formula is C17H21ClN2O. The van der Waals surface area contributed by atoms with Gasteiger partial charge in [0.25, 0.3) is 0 Å². The maximum absolute atomic E-state index is 10.3. The van der Waals surface area contributed by atoms with Crippen molar-refractivity contribution in [3.63, 3.8) is 0 Å². The largest absolute Gasteiger partial charge is 0.385 e. The average molecular weight is 305 g/mol. The van der Waals surface area contributed by atoms with E-state index < -0.39 is 6.10 Å². The first-order valence-electron chi connectivity index (χ1n) is 7.01. The van der Waals surface area contributed by atoms with Crippen LogP contribution >= 0.6 is 11.6 Å². The highest BCUT2D eigenvalue weighted by Gasteiger charge is 2.15. The number of aliphatic hydroxyl groups is 1. The van der Waals surface area contributed by atoms with Gasteiger partial charge in [0.2, 0.25) is 0 Å². The van der Waals surface area contributed by atoms with Gasteiger partial charge in [-0.3, -0.25) is 4.98 Å². The number of nitrogens with one attached hydrogen (secondary N) is 1. The Balaban J connectivity index is 2.18. The second kappa shape index (κ2) is 6.56. The topological polar surface area (TPSA) is 45.1 Å². The Morgan fingerprint density at radius 1 is 1.19 bits per heavy atom. The highest BCUT2D eigenvalue weighted by molar-refractivity contribution is 6.30. The fourth-order valence-electron chi connectivity index (χ4n) is 1.95. The SMILES string of the molecule is CC(C)(C)NC[C@@H](O)c1cccc(-c2cccc(Cl)c2)n1. The van der Waals surface area contributed by atoms with Crippen LogP contribution in [0, 0.1) is 0 Å². The molecule has 0 saturated heterocycles. The second-order valence-electron chi connectivity index (χ2n) is 6.10. The first-order valence-corrected chi connectivity index (χ1v) is 7.39. The quantitative estimate of drug-likeness (QED) is 0.902. The number of halogens is 1. The Labute approximate surface area is 131 Å². The lowest BCUT2D eigenvalue weighted by Crippen LogP contribution is -2.38. The van der Waals surface area contributed by atoms with Crippen molar-refractivity contribution in [1.82, 2.24) is 10.3 Å². The Kier molecular flexibility index (Phi) is 4.99. The Morgan fingerprint density at radius 2 is 1.90 bits per heavy atom. The molecule has 0 aliphatic heterocycles. The summed E-state index contributed by atoms with van der Waals surface area (Å²) in [5.74, 6) is 0. The summed E-state index contributed by atoms with van der Waals surface area (Å²) in [5.41, 5.74) is 2.38. The predicted molar refractivity (Wildman–Crippen MR) is 87.4 cm³/mol. The number of nitrogens with zero attached hydrogens (tertiary/aromatic N) is 1. The maximum atomic E-state index is 10.3. The lowest BCUT2D eigenvalue weighted by atomic mass is 10.1. The van der Waals surface area contributed by atoms with E-state index in [0.29, 0.717) is 17.3 Å². The molecule has 0 saturated carbocycles. The van der Waals surface area contributed by atoms with Crippen LogP contribution in [-0.2, 0) is 0 Å². The van der Waals surface area contributed by atoms with Gasteiger partial charge in [0.05, 0.1) is 11.4 Å². The molecule has 112 valence electrons. The van der Waals surface area contributed by atoms with Crippen LogP contribution in [0.5, 0.6) is 0 Å². The molecule has 1 heterocycles. The third-order valence-electron chi connectivity index (χ3n) is 3.06. The highest BCUT2D eigenvalue weighted by atomic mass is 35.5. The van der Waals surface area contributed by atoms with E-state index in [1.807, 2.05) is 42.5 Å². The van der Waals surface area contributed by atoms with Gasteiger partial charge in [-0.15, -0.1) is 0 Å². The van der Waals surface area contributed by atoms with E-state index in [2.05, 4.69) is 31.1 Å². The van der Waals surface area contributed by atoms with Gasteiger partial charge < -0.3 is 10.4 Å². The van der Waals surface area contributed by atoms with Crippen LogP contribution in [-0.4, -0.2) is 22.2 Å². The zero-order valence-corrected chi connectivity index (χ0v) is 13.4. The molecule has 1 aromatic carbocycles. The maximum Gasteiger partial charge on any atom is 0.108 e. The van der Waals surface area contributed by atoms with Gasteiger partial charge in [-0.1, -0.05) is 29.8 Å². The van der Waals surface area contributed by atoms with Gasteiger partial charge in [-0.05, 0) is 45.0 Å². The summed E-state index contributed by atoms with van der Waals surface area (Å²) in [4.78, 5) is 4.54. The van der Waals surface area contributed by atoms with Crippen molar-refractivity contribution in [2.24, 2.45) is 0 Å². The molecule has 4 heteroatoms. The second-order valence-corrected chi connectivity index (χ2v) is 6.54. The summed E-state index contributed by atoms with van der Waals surface area (Å²) in [6.45, 7) is 6.66. The number of benzene rings is 1. The number of pyridine rings is 1. The monoisotopic (exact) mass is 304 g/mol. The molecule has 2 N–H and O–H groups in total. The van der Waals surface area contributed by atoms with Gasteiger partial charge in [-0.25, -0.2) is 0 Å². The number of hydrogen-bond acceptors (Lipinski definition) is 3. The minimum atomic E-state index is -0.636. The molecule has 0 aliphatic carbocycles. The zero-order chi connectivity index (χ0) is 15.5. The number of β-amino-alcohol motifs (C(OH)–C–C–N with tert-alkyl or cyclic N) is 1. The number of rotatable bonds is 4. The molecule has 1 aromatic heterocycles. The van der Waals surface area contributed by atoms with Crippen LogP contribution in [0.3, 0.4) is 0 Å². The van der Waals surface area contributed by atoms with Crippen molar-refractivity contribution in [2.75, 3.05) is 6.54 Å². The zero-order valence-electron chi connectivity index (χ0n) is 12.6. The molecule has 0 amide bonds. The van der Waals surface area contributed by atoms with Gasteiger partial charge in [0.1, 0.15) is 6.10 Å². The third kappa shape index (κ3) is 4.81. The molecule has 2 aromatic rings. The van der Waals surface area contributed by atoms with E-state index in [9.17, 15) is 5.11 Å². The van der Waals surface area contributed by atoms with Crippen LogP contribution < -0.4 is 5.32 Å². The third-order valence-corrected chi connectivity index (χ3v) is 3.29. The minimum Gasteiger partial charge on any atom is -0.385 e. The van der Waals surface area contributed by atoms with E-state index in [-0.39, 0.29) is 5.54 Å². The summed E-state index contributed by atoms with van der Waals surface area (Å²) in [6, 6.07) is 13.2. The summed E-state index contributed by atoms with van der Waals surface area (Å²) in [5, 5.41) is 14.2. The van der Waals surface area contributed by atoms with Gasteiger partial charge in [-0.2, -0.15) is 0 Å². The molecule has 0 fully saturated rings. The number of aliphatic hydroxyl groups excluding tert-OH is 1. The van der Waals surface area contributed by atoms with E-state index in [4.69, 9.17) is 11.6 Å². The number of hydrogen-bond donors (Lipinski definition) is 2. The lowest BCUT2D eigenvalue weighted by molar-refractivity contribution is 0.159. The van der Waals surface area contributed by atoms with Gasteiger partial charge >= 0.3 is 0 Å². The minimum absolute atomic E-state index is 0.0362. The molecule has 0 spiro atoms. The molecule has 2 rings (SSSR count). The summed E-state index contributed by atoms with van der Waals surface area (Å²) in [7, 11) is 0. The first kappa shape index (κ1) is 16.0. The fraction of sp³-hybridized carbons (Fsp3) is 0.353. The predicted octanol–water partition coefficient (Wildman–Crippen LogP) is 3.82. The van der Waals surface area contributed by atoms with Crippen molar-refractivity contribution in [2.45, 2.75) is 32.4 Å². The Hall–Kier alpha value is -1.42. The van der Waals surface area contributed by atoms with Gasteiger partial charge in [0, 0.05) is 22.7 Å². The Morgan fingerprint density at radius 3 is 2.57 bits per heavy atom. The van der Waals surface area contributed by atoms with Crippen LogP contribution in [0.1, 0.15) is 32.6 Å². The van der Waals surface area contributed by atoms with Crippen molar-refractivity contribution < 1.29 is 5.11 Å². The highest BCUT2D eigenvalue weighted by Crippen LogP contribution is 2.22. The van der Waals surface area contributed by atoms with Crippen molar-refractivity contribution in [1.29, 1.82) is 0 Å². The lowest BCUT2D eigenvalue weighted by Gasteiger charge is -2.22. The smallest absolute Gasteiger partial charge is 0.108 e. The van der Waals surface area contributed by atoms with E-state index >= 15 is 0 Å². The summed E-state index contributed by atoms with van der Waals surface area (Å²) in [6.07, 6.45) is -0.636. The van der Waals surface area contributed by atoms with Crippen molar-refractivity contribution >= 4 is 11.6 Å². The van der Waals surface area contributed by atoms with E-state index in [1.54, 1.807) is 0 Å². The van der Waals surface area contributed by atoms with E-state index in [1.165, 1.54) is 0 Å². The molecule has 1 atom stereocenters. The standard InChI is InChI=1S/C17H21ClN2O/c1-17(2,3)19-11-16(21)15-9-5-8-14(20-15)12-6-4-7-13(18)10-12/h4-10,16,19,21H,11H2,1-3H3/t16-/m1/s1. The molecular weight excluding hydrogens is 284 g/mol. The van der Waals surface area contributed by atoms with E-state index in [0.717, 1.165) is 11.3 Å².